The Kier molecular flexibility index (Phi) is 11.1. The van der Waals surface area contributed by atoms with E-state index in [0.29, 0.717) is 22.2 Å². The summed E-state index contributed by atoms with van der Waals surface area (Å²) in [4.78, 5) is 30.2. The first-order chi connectivity index (χ1) is 21.0. The van der Waals surface area contributed by atoms with E-state index in [9.17, 15) is 18.2 Å². The first-order valence-electron chi connectivity index (χ1n) is 14.9. The van der Waals surface area contributed by atoms with Gasteiger partial charge in [0, 0.05) is 49.1 Å². The maximum Gasteiger partial charge on any atom is 0.229 e. The fourth-order valence-electron chi connectivity index (χ4n) is 6.08. The van der Waals surface area contributed by atoms with Crippen molar-refractivity contribution in [3.8, 4) is 0 Å². The average molecular weight is 740 g/mol. The molecule has 11 heteroatoms. The molecular formula is C34H39BrCl2FN3O3S. The van der Waals surface area contributed by atoms with Crippen molar-refractivity contribution in [3.63, 3.8) is 0 Å². The van der Waals surface area contributed by atoms with Crippen LogP contribution in [0.3, 0.4) is 0 Å². The third-order valence-electron chi connectivity index (χ3n) is 8.65. The first kappa shape index (κ1) is 35.4. The fraction of sp³-hybridized carbons (Fsp3) is 0.412. The minimum atomic E-state index is -3.08. The summed E-state index contributed by atoms with van der Waals surface area (Å²) in [7, 11) is -3.08. The van der Waals surface area contributed by atoms with Gasteiger partial charge in [-0.2, -0.15) is 0 Å². The number of carbonyl (C=O) groups excluding carboxylic acids is 2. The highest BCUT2D eigenvalue weighted by Crippen LogP contribution is 2.52. The zero-order valence-electron chi connectivity index (χ0n) is 26.0. The number of nitrogens with one attached hydrogen (secondary N) is 2. The molecule has 0 spiro atoms. The van der Waals surface area contributed by atoms with E-state index in [1.54, 1.807) is 43.9 Å². The van der Waals surface area contributed by atoms with Gasteiger partial charge in [-0.15, -0.1) is 0 Å². The van der Waals surface area contributed by atoms with E-state index >= 15 is 0 Å². The molecule has 3 aromatic rings. The summed E-state index contributed by atoms with van der Waals surface area (Å²) in [5, 5.41) is 3.50. The number of hydrogen-bond donors (Lipinski definition) is 2. The van der Waals surface area contributed by atoms with Gasteiger partial charge < -0.3 is 10.2 Å². The number of anilines is 1. The van der Waals surface area contributed by atoms with Gasteiger partial charge in [-0.05, 0) is 81.9 Å². The number of benzene rings is 3. The lowest BCUT2D eigenvalue weighted by molar-refractivity contribution is -0.157. The molecule has 0 bridgehead atoms. The second-order valence-corrected chi connectivity index (χ2v) is 17.2. The van der Waals surface area contributed by atoms with E-state index in [1.165, 1.54) is 18.2 Å². The second-order valence-electron chi connectivity index (χ2n) is 12.7. The van der Waals surface area contributed by atoms with E-state index in [-0.39, 0.29) is 34.4 Å². The molecule has 1 aliphatic heterocycles. The summed E-state index contributed by atoms with van der Waals surface area (Å²) in [6.07, 6.45) is 0.175. The van der Waals surface area contributed by atoms with E-state index < -0.39 is 44.2 Å². The van der Waals surface area contributed by atoms with Crippen LogP contribution in [0.1, 0.15) is 70.5 Å². The van der Waals surface area contributed by atoms with Gasteiger partial charge in [0.15, 0.2) is 0 Å². The van der Waals surface area contributed by atoms with E-state index in [0.717, 1.165) is 11.1 Å². The highest BCUT2D eigenvalue weighted by Gasteiger charge is 2.53. The maximum atomic E-state index is 14.9. The lowest BCUT2D eigenvalue weighted by atomic mass is 9.66. The molecule has 3 aromatic carbocycles. The summed E-state index contributed by atoms with van der Waals surface area (Å²) < 4.78 is 36.4. The molecule has 45 heavy (non-hydrogen) atoms. The van der Waals surface area contributed by atoms with Crippen molar-refractivity contribution in [1.29, 1.82) is 4.78 Å². The molecule has 5 atom stereocenters. The van der Waals surface area contributed by atoms with Gasteiger partial charge in [0.25, 0.3) is 0 Å². The maximum absolute atomic E-state index is 14.9. The summed E-state index contributed by atoms with van der Waals surface area (Å²) in [5.74, 6) is -1.57. The van der Waals surface area contributed by atoms with E-state index in [1.807, 2.05) is 44.2 Å². The Morgan fingerprint density at radius 2 is 1.73 bits per heavy atom. The number of likely N-dealkylation sites (tertiary alicyclic amines) is 1. The van der Waals surface area contributed by atoms with Crippen molar-refractivity contribution in [1.82, 2.24) is 4.90 Å². The van der Waals surface area contributed by atoms with Gasteiger partial charge in [-0.25, -0.2) is 8.60 Å². The standard InChI is InChI=1S/C34H39BrCl2FN3O3S/c1-20(2)30(19-45(39,44)21(3)4)41-32(22-9-11-24(36)12-10-22)27(23-7-6-8-25(37)15-23)17-34(5,33(41)43)18-31(42)40-26-13-14-29(38)28(35)16-26/h6-16,20-21,27,30,32,39H,17-19H2,1-5H3,(H,40,42)/t27-,30-,32-,34-,45?/m1/s1. The highest BCUT2D eigenvalue weighted by molar-refractivity contribution is 9.10. The van der Waals surface area contributed by atoms with Crippen LogP contribution in [0.2, 0.25) is 10.0 Å². The van der Waals surface area contributed by atoms with Crippen LogP contribution in [0.25, 0.3) is 0 Å². The number of nitrogens with zero attached hydrogens (tertiary/aromatic N) is 1. The molecule has 2 N–H and O–H groups in total. The molecular weight excluding hydrogens is 700 g/mol. The number of piperidine rings is 1. The number of halogens is 4. The topological polar surface area (TPSA) is 90.3 Å². The summed E-state index contributed by atoms with van der Waals surface area (Å²) in [6.45, 7) is 9.24. The van der Waals surface area contributed by atoms with Gasteiger partial charge in [-0.1, -0.05) is 82.1 Å². The molecule has 0 aliphatic carbocycles. The zero-order chi connectivity index (χ0) is 33.3. The largest absolute Gasteiger partial charge is 0.330 e. The molecule has 1 fully saturated rings. The Morgan fingerprint density at radius 3 is 2.31 bits per heavy atom. The van der Waals surface area contributed by atoms with Crippen molar-refractivity contribution in [2.24, 2.45) is 11.3 Å². The van der Waals surface area contributed by atoms with Crippen LogP contribution in [0.5, 0.6) is 0 Å². The third-order valence-corrected chi connectivity index (χ3v) is 12.1. The predicted octanol–water partition coefficient (Wildman–Crippen LogP) is 9.47. The number of hydrogen-bond acceptors (Lipinski definition) is 4. The number of rotatable bonds is 10. The fourth-order valence-corrected chi connectivity index (χ4v) is 8.23. The average Bonchev–Trinajstić information content (AvgIpc) is 2.95. The van der Waals surface area contributed by atoms with Crippen LogP contribution < -0.4 is 5.32 Å². The molecule has 6 nitrogen and oxygen atoms in total. The van der Waals surface area contributed by atoms with Crippen LogP contribution in [-0.2, 0) is 19.3 Å². The quantitative estimate of drug-likeness (QED) is 0.217. The molecule has 1 unspecified atom stereocenters. The lowest BCUT2D eigenvalue weighted by Crippen LogP contribution is -2.59. The molecule has 1 heterocycles. The van der Waals surface area contributed by atoms with Gasteiger partial charge in [0.2, 0.25) is 11.8 Å². The predicted molar refractivity (Wildman–Crippen MR) is 185 cm³/mol. The Labute approximate surface area is 284 Å². The molecule has 0 saturated carbocycles. The minimum absolute atomic E-state index is 0.00763. The van der Waals surface area contributed by atoms with Crippen molar-refractivity contribution in [3.05, 3.63) is 98.2 Å². The van der Waals surface area contributed by atoms with E-state index in [2.05, 4.69) is 21.2 Å². The first-order valence-corrected chi connectivity index (χ1v) is 18.2. The Balaban J connectivity index is 1.87. The van der Waals surface area contributed by atoms with Crippen LogP contribution in [0.4, 0.5) is 10.1 Å². The number of amides is 2. The van der Waals surface area contributed by atoms with Crippen molar-refractivity contribution >= 4 is 66.4 Å². The molecule has 2 amide bonds. The van der Waals surface area contributed by atoms with Crippen LogP contribution in [0.15, 0.2) is 71.2 Å². The molecule has 1 aliphatic rings. The summed E-state index contributed by atoms with van der Waals surface area (Å²) in [5.41, 5.74) is 0.956. The molecule has 4 rings (SSSR count). The van der Waals surface area contributed by atoms with Gasteiger partial charge in [0.1, 0.15) is 5.82 Å². The Hall–Kier alpha value is -2.46. The Morgan fingerprint density at radius 1 is 1.07 bits per heavy atom. The van der Waals surface area contributed by atoms with Crippen LogP contribution in [0, 0.1) is 21.9 Å². The monoisotopic (exact) mass is 737 g/mol. The van der Waals surface area contributed by atoms with Crippen LogP contribution >= 0.6 is 39.1 Å². The smallest absolute Gasteiger partial charge is 0.229 e. The second kappa shape index (κ2) is 14.1. The molecule has 1 saturated heterocycles. The van der Waals surface area contributed by atoms with Gasteiger partial charge in [0.05, 0.1) is 21.7 Å². The molecule has 0 aromatic heterocycles. The SMILES string of the molecule is CC(C)[C@@H](CS(=N)(=O)C(C)C)N1C(=O)[C@@](C)(CC(=O)Nc2ccc(F)c(Br)c2)C[C@H](c2cccc(Cl)c2)[C@H]1c1ccc(Cl)cc1. The molecule has 242 valence electrons. The normalized spacial score (nSPS) is 22.4. The van der Waals surface area contributed by atoms with Crippen molar-refractivity contribution < 1.29 is 18.2 Å². The zero-order valence-corrected chi connectivity index (χ0v) is 29.9. The highest BCUT2D eigenvalue weighted by atomic mass is 79.9. The summed E-state index contributed by atoms with van der Waals surface area (Å²) >= 11 is 15.9. The van der Waals surface area contributed by atoms with Gasteiger partial charge in [-0.3, -0.25) is 14.4 Å². The minimum Gasteiger partial charge on any atom is -0.330 e. The van der Waals surface area contributed by atoms with E-state index in [4.69, 9.17) is 28.0 Å². The lowest BCUT2D eigenvalue weighted by Gasteiger charge is -2.53. The Bertz CT molecular complexity index is 1670. The third kappa shape index (κ3) is 8.10. The van der Waals surface area contributed by atoms with Crippen LogP contribution in [-0.4, -0.2) is 38.0 Å². The molecule has 0 radical (unpaired) electrons. The van der Waals surface area contributed by atoms with Crippen molar-refractivity contribution in [2.45, 2.75) is 70.7 Å². The summed E-state index contributed by atoms with van der Waals surface area (Å²) in [6, 6.07) is 18.0. The van der Waals surface area contributed by atoms with Gasteiger partial charge >= 0.3 is 0 Å². The number of carbonyl (C=O) groups is 2. The van der Waals surface area contributed by atoms with Crippen molar-refractivity contribution in [2.75, 3.05) is 11.1 Å².